The molecule has 2 heterocycles. The standard InChI is InChI=1S/C11H9F3N2O3S/c12-11(13,14)6-1-2-7(15-3-6)9(17)16-5-20-4-8(16)10(18)19/h1-3,8H,4-5H2,(H,18,19). The van der Waals surface area contributed by atoms with Crippen LogP contribution in [0.4, 0.5) is 13.2 Å². The maximum absolute atomic E-state index is 12.4. The third kappa shape index (κ3) is 2.87. The van der Waals surface area contributed by atoms with Crippen LogP contribution in [0.15, 0.2) is 18.3 Å². The molecule has 1 amide bonds. The number of hydrogen-bond donors (Lipinski definition) is 1. The molecule has 1 N–H and O–H groups in total. The molecule has 1 aromatic heterocycles. The average Bonchev–Trinajstić information content (AvgIpc) is 2.86. The molecule has 1 saturated heterocycles. The van der Waals surface area contributed by atoms with E-state index in [-0.39, 0.29) is 17.3 Å². The number of halogens is 3. The van der Waals surface area contributed by atoms with Crippen molar-refractivity contribution < 1.29 is 27.9 Å². The van der Waals surface area contributed by atoms with Crippen molar-refractivity contribution in [3.05, 3.63) is 29.6 Å². The summed E-state index contributed by atoms with van der Waals surface area (Å²) in [7, 11) is 0. The molecule has 5 nitrogen and oxygen atoms in total. The summed E-state index contributed by atoms with van der Waals surface area (Å²) in [6.45, 7) is 0. The van der Waals surface area contributed by atoms with Gasteiger partial charge in [-0.3, -0.25) is 9.78 Å². The molecule has 2 rings (SSSR count). The quantitative estimate of drug-likeness (QED) is 0.900. The number of nitrogens with zero attached hydrogens (tertiary/aromatic N) is 2. The number of alkyl halides is 3. The number of carbonyl (C=O) groups excluding carboxylic acids is 1. The summed E-state index contributed by atoms with van der Waals surface area (Å²) in [5.41, 5.74) is -1.16. The number of aromatic nitrogens is 1. The van der Waals surface area contributed by atoms with Crippen molar-refractivity contribution in [2.45, 2.75) is 12.2 Å². The van der Waals surface area contributed by atoms with Crippen LogP contribution in [0.25, 0.3) is 0 Å². The minimum Gasteiger partial charge on any atom is -0.480 e. The van der Waals surface area contributed by atoms with Gasteiger partial charge < -0.3 is 10.0 Å². The third-order valence-corrected chi connectivity index (χ3v) is 3.75. The molecule has 108 valence electrons. The third-order valence-electron chi connectivity index (χ3n) is 2.74. The Morgan fingerprint density at radius 3 is 2.60 bits per heavy atom. The first kappa shape index (κ1) is 14.6. The number of hydrogen-bond acceptors (Lipinski definition) is 4. The second kappa shape index (κ2) is 5.31. The molecule has 9 heteroatoms. The Labute approximate surface area is 115 Å². The number of aliphatic carboxylic acids is 1. The Balaban J connectivity index is 2.19. The lowest BCUT2D eigenvalue weighted by Crippen LogP contribution is -2.42. The van der Waals surface area contributed by atoms with E-state index >= 15 is 0 Å². The second-order valence-electron chi connectivity index (χ2n) is 4.06. The van der Waals surface area contributed by atoms with Crippen molar-refractivity contribution in [3.8, 4) is 0 Å². The highest BCUT2D eigenvalue weighted by Gasteiger charge is 2.36. The molecule has 1 atom stereocenters. The first-order chi connectivity index (χ1) is 9.30. The van der Waals surface area contributed by atoms with Gasteiger partial charge in [-0.1, -0.05) is 0 Å². The van der Waals surface area contributed by atoms with Crippen LogP contribution in [0.1, 0.15) is 16.1 Å². The second-order valence-corrected chi connectivity index (χ2v) is 5.06. The number of pyridine rings is 1. The molecule has 1 fully saturated rings. The van der Waals surface area contributed by atoms with Gasteiger partial charge in [-0.15, -0.1) is 11.8 Å². The number of carboxylic acids is 1. The van der Waals surface area contributed by atoms with Crippen molar-refractivity contribution >= 4 is 23.6 Å². The van der Waals surface area contributed by atoms with Gasteiger partial charge in [0.25, 0.3) is 5.91 Å². The molecule has 20 heavy (non-hydrogen) atoms. The fourth-order valence-corrected chi connectivity index (χ4v) is 2.83. The Hall–Kier alpha value is -1.77. The molecule has 0 radical (unpaired) electrons. The number of thioether (sulfide) groups is 1. The summed E-state index contributed by atoms with van der Waals surface area (Å²) in [6.07, 6.45) is -3.96. The Morgan fingerprint density at radius 1 is 1.40 bits per heavy atom. The van der Waals surface area contributed by atoms with E-state index in [2.05, 4.69) is 4.98 Å². The van der Waals surface area contributed by atoms with Crippen molar-refractivity contribution in [3.63, 3.8) is 0 Å². The zero-order valence-electron chi connectivity index (χ0n) is 9.92. The van der Waals surface area contributed by atoms with Crippen LogP contribution in [0, 0.1) is 0 Å². The van der Waals surface area contributed by atoms with Crippen molar-refractivity contribution in [1.29, 1.82) is 0 Å². The molecular formula is C11H9F3N2O3S. The monoisotopic (exact) mass is 306 g/mol. The fraction of sp³-hybridized carbons (Fsp3) is 0.364. The zero-order valence-corrected chi connectivity index (χ0v) is 10.7. The molecule has 0 spiro atoms. The van der Waals surface area contributed by atoms with Gasteiger partial charge in [0.05, 0.1) is 11.4 Å². The van der Waals surface area contributed by atoms with Gasteiger partial charge in [0, 0.05) is 11.9 Å². The van der Waals surface area contributed by atoms with Crippen LogP contribution in [-0.4, -0.2) is 44.5 Å². The van der Waals surface area contributed by atoms with Crippen LogP contribution < -0.4 is 0 Å². The van der Waals surface area contributed by atoms with Gasteiger partial charge in [0.2, 0.25) is 0 Å². The average molecular weight is 306 g/mol. The zero-order chi connectivity index (χ0) is 14.9. The van der Waals surface area contributed by atoms with Crippen LogP contribution in [-0.2, 0) is 11.0 Å². The molecule has 1 aliphatic rings. The lowest BCUT2D eigenvalue weighted by atomic mass is 10.2. The van der Waals surface area contributed by atoms with E-state index in [0.717, 1.165) is 17.0 Å². The van der Waals surface area contributed by atoms with E-state index in [9.17, 15) is 22.8 Å². The molecule has 0 aromatic carbocycles. The molecular weight excluding hydrogens is 297 g/mol. The molecule has 1 aromatic rings. The Bertz CT molecular complexity index is 533. The highest BCUT2D eigenvalue weighted by Crippen LogP contribution is 2.29. The van der Waals surface area contributed by atoms with Crippen LogP contribution in [0.5, 0.6) is 0 Å². The lowest BCUT2D eigenvalue weighted by Gasteiger charge is -2.20. The number of rotatable bonds is 2. The highest BCUT2D eigenvalue weighted by atomic mass is 32.2. The minimum absolute atomic E-state index is 0.179. The minimum atomic E-state index is -4.53. The largest absolute Gasteiger partial charge is 0.480 e. The first-order valence-corrected chi connectivity index (χ1v) is 6.61. The summed E-state index contributed by atoms with van der Waals surface area (Å²) in [5, 5.41) is 8.95. The molecule has 1 unspecified atom stereocenters. The Kier molecular flexibility index (Phi) is 3.89. The topological polar surface area (TPSA) is 70.5 Å². The summed E-state index contributed by atoms with van der Waals surface area (Å²) >= 11 is 1.27. The smallest absolute Gasteiger partial charge is 0.417 e. The van der Waals surface area contributed by atoms with E-state index in [1.807, 2.05) is 0 Å². The SMILES string of the molecule is O=C(O)C1CSCN1C(=O)c1ccc(C(F)(F)F)cn1. The van der Waals surface area contributed by atoms with E-state index < -0.39 is 29.7 Å². The number of carboxylic acid groups (broad SMARTS) is 1. The van der Waals surface area contributed by atoms with Gasteiger partial charge >= 0.3 is 12.1 Å². The van der Waals surface area contributed by atoms with Gasteiger partial charge in [-0.2, -0.15) is 13.2 Å². The van der Waals surface area contributed by atoms with Gasteiger partial charge in [0.15, 0.2) is 0 Å². The highest BCUT2D eigenvalue weighted by molar-refractivity contribution is 7.99. The van der Waals surface area contributed by atoms with E-state index in [1.54, 1.807) is 0 Å². The van der Waals surface area contributed by atoms with Crippen molar-refractivity contribution in [2.75, 3.05) is 11.6 Å². The normalized spacial score (nSPS) is 19.1. The van der Waals surface area contributed by atoms with Gasteiger partial charge in [-0.05, 0) is 12.1 Å². The number of carbonyl (C=O) groups is 2. The molecule has 0 aliphatic carbocycles. The summed E-state index contributed by atoms with van der Waals surface area (Å²) in [5.74, 6) is -1.40. The van der Waals surface area contributed by atoms with Crippen LogP contribution in [0.2, 0.25) is 0 Å². The van der Waals surface area contributed by atoms with Crippen molar-refractivity contribution in [1.82, 2.24) is 9.88 Å². The van der Waals surface area contributed by atoms with E-state index in [4.69, 9.17) is 5.11 Å². The molecule has 0 saturated carbocycles. The molecule has 1 aliphatic heterocycles. The van der Waals surface area contributed by atoms with Crippen molar-refractivity contribution in [2.24, 2.45) is 0 Å². The van der Waals surface area contributed by atoms with Crippen LogP contribution in [0.3, 0.4) is 0 Å². The summed E-state index contributed by atoms with van der Waals surface area (Å²) in [6, 6.07) is 0.725. The predicted molar refractivity (Wildman–Crippen MR) is 64.2 cm³/mol. The lowest BCUT2D eigenvalue weighted by molar-refractivity contribution is -0.141. The van der Waals surface area contributed by atoms with Gasteiger partial charge in [-0.25, -0.2) is 4.79 Å². The van der Waals surface area contributed by atoms with Gasteiger partial charge in [0.1, 0.15) is 11.7 Å². The number of amides is 1. The summed E-state index contributed by atoms with van der Waals surface area (Å²) in [4.78, 5) is 27.5. The van der Waals surface area contributed by atoms with Crippen LogP contribution >= 0.6 is 11.8 Å². The maximum Gasteiger partial charge on any atom is 0.417 e. The Morgan fingerprint density at radius 2 is 2.10 bits per heavy atom. The summed E-state index contributed by atoms with van der Waals surface area (Å²) < 4.78 is 37.1. The van der Waals surface area contributed by atoms with E-state index in [1.165, 1.54) is 11.8 Å². The fourth-order valence-electron chi connectivity index (χ4n) is 1.68. The van der Waals surface area contributed by atoms with E-state index in [0.29, 0.717) is 6.20 Å². The molecule has 0 bridgehead atoms. The maximum atomic E-state index is 12.4. The predicted octanol–water partition coefficient (Wildman–Crippen LogP) is 1.70. The first-order valence-electron chi connectivity index (χ1n) is 5.45.